The molecule has 0 saturated carbocycles. The van der Waals surface area contributed by atoms with Gasteiger partial charge in [0.05, 0.1) is 6.42 Å². The van der Waals surface area contributed by atoms with Gasteiger partial charge in [0.25, 0.3) is 0 Å². The lowest BCUT2D eigenvalue weighted by Crippen LogP contribution is -1.99. The van der Waals surface area contributed by atoms with Crippen molar-refractivity contribution in [2.75, 3.05) is 0 Å². The standard InChI is InChI=1S/C11H11NO3/c13-10(5-6-11(14)15)4-3-9-2-1-7-12-8-9/h1-4,7-8H,5-6H2,(H,14,15). The van der Waals surface area contributed by atoms with Crippen LogP contribution >= 0.6 is 0 Å². The van der Waals surface area contributed by atoms with Gasteiger partial charge in [-0.25, -0.2) is 0 Å². The summed E-state index contributed by atoms with van der Waals surface area (Å²) in [7, 11) is 0. The highest BCUT2D eigenvalue weighted by Crippen LogP contribution is 2.00. The van der Waals surface area contributed by atoms with Crippen molar-refractivity contribution in [2.24, 2.45) is 0 Å². The predicted octanol–water partition coefficient (Wildman–Crippen LogP) is 1.53. The fraction of sp³-hybridized carbons (Fsp3) is 0.182. The summed E-state index contributed by atoms with van der Waals surface area (Å²) in [5.74, 6) is -1.15. The molecule has 0 aliphatic heterocycles. The SMILES string of the molecule is O=C(O)CCC(=O)C=Cc1cccnc1. The molecule has 0 saturated heterocycles. The van der Waals surface area contributed by atoms with Crippen LogP contribution in [0.5, 0.6) is 0 Å². The Bertz CT molecular complexity index is 371. The van der Waals surface area contributed by atoms with Crippen molar-refractivity contribution in [1.82, 2.24) is 4.98 Å². The van der Waals surface area contributed by atoms with Crippen molar-refractivity contribution in [3.05, 3.63) is 36.2 Å². The van der Waals surface area contributed by atoms with Gasteiger partial charge in [-0.3, -0.25) is 14.6 Å². The van der Waals surface area contributed by atoms with E-state index in [4.69, 9.17) is 5.11 Å². The first-order valence-corrected chi connectivity index (χ1v) is 4.51. The van der Waals surface area contributed by atoms with Crippen LogP contribution in [0.4, 0.5) is 0 Å². The molecule has 1 aromatic heterocycles. The topological polar surface area (TPSA) is 67.3 Å². The van der Waals surface area contributed by atoms with E-state index in [2.05, 4.69) is 4.98 Å². The van der Waals surface area contributed by atoms with E-state index in [9.17, 15) is 9.59 Å². The smallest absolute Gasteiger partial charge is 0.303 e. The number of nitrogens with zero attached hydrogens (tertiary/aromatic N) is 1. The van der Waals surface area contributed by atoms with Crippen LogP contribution in [0.25, 0.3) is 6.08 Å². The number of allylic oxidation sites excluding steroid dienone is 1. The molecule has 0 radical (unpaired) electrons. The minimum Gasteiger partial charge on any atom is -0.481 e. The largest absolute Gasteiger partial charge is 0.481 e. The van der Waals surface area contributed by atoms with Crippen LogP contribution in [0.3, 0.4) is 0 Å². The van der Waals surface area contributed by atoms with E-state index in [1.807, 2.05) is 6.07 Å². The van der Waals surface area contributed by atoms with Crippen molar-refractivity contribution in [3.63, 3.8) is 0 Å². The lowest BCUT2D eigenvalue weighted by Gasteiger charge is -1.92. The average molecular weight is 205 g/mol. The van der Waals surface area contributed by atoms with E-state index in [0.29, 0.717) is 0 Å². The lowest BCUT2D eigenvalue weighted by molar-refractivity contribution is -0.138. The third-order valence-electron chi connectivity index (χ3n) is 1.73. The van der Waals surface area contributed by atoms with E-state index < -0.39 is 5.97 Å². The van der Waals surface area contributed by atoms with Crippen molar-refractivity contribution in [2.45, 2.75) is 12.8 Å². The summed E-state index contributed by atoms with van der Waals surface area (Å²) < 4.78 is 0. The fourth-order valence-corrected chi connectivity index (χ4v) is 0.977. The van der Waals surface area contributed by atoms with Crippen LogP contribution in [-0.2, 0) is 9.59 Å². The van der Waals surface area contributed by atoms with Gasteiger partial charge in [0, 0.05) is 18.8 Å². The fourth-order valence-electron chi connectivity index (χ4n) is 0.977. The molecule has 0 aliphatic rings. The van der Waals surface area contributed by atoms with Crippen molar-refractivity contribution in [1.29, 1.82) is 0 Å². The van der Waals surface area contributed by atoms with Crippen LogP contribution in [0.15, 0.2) is 30.6 Å². The molecular formula is C11H11NO3. The highest BCUT2D eigenvalue weighted by Gasteiger charge is 2.01. The quantitative estimate of drug-likeness (QED) is 0.740. The molecule has 0 unspecified atom stereocenters. The van der Waals surface area contributed by atoms with E-state index in [-0.39, 0.29) is 18.6 Å². The van der Waals surface area contributed by atoms with Gasteiger partial charge in [-0.15, -0.1) is 0 Å². The number of hydrogen-bond donors (Lipinski definition) is 1. The van der Waals surface area contributed by atoms with Crippen LogP contribution in [0.2, 0.25) is 0 Å². The molecule has 0 aromatic carbocycles. The number of ketones is 1. The van der Waals surface area contributed by atoms with Gasteiger partial charge in [0.15, 0.2) is 5.78 Å². The Morgan fingerprint density at radius 1 is 1.40 bits per heavy atom. The third-order valence-corrected chi connectivity index (χ3v) is 1.73. The summed E-state index contributed by atoms with van der Waals surface area (Å²) >= 11 is 0. The zero-order valence-corrected chi connectivity index (χ0v) is 8.09. The zero-order chi connectivity index (χ0) is 11.1. The highest BCUT2D eigenvalue weighted by atomic mass is 16.4. The summed E-state index contributed by atoms with van der Waals surface area (Å²) in [5, 5.41) is 8.36. The van der Waals surface area contributed by atoms with Gasteiger partial charge >= 0.3 is 5.97 Å². The third kappa shape index (κ3) is 4.71. The van der Waals surface area contributed by atoms with E-state index >= 15 is 0 Å². The molecule has 0 aliphatic carbocycles. The van der Waals surface area contributed by atoms with Gasteiger partial charge in [-0.1, -0.05) is 6.07 Å². The van der Waals surface area contributed by atoms with Crippen molar-refractivity contribution < 1.29 is 14.7 Å². The van der Waals surface area contributed by atoms with E-state index in [0.717, 1.165) is 5.56 Å². The summed E-state index contributed by atoms with van der Waals surface area (Å²) in [4.78, 5) is 25.2. The molecule has 4 nitrogen and oxygen atoms in total. The number of hydrogen-bond acceptors (Lipinski definition) is 3. The molecule has 0 spiro atoms. The Morgan fingerprint density at radius 2 is 2.20 bits per heavy atom. The Morgan fingerprint density at radius 3 is 2.80 bits per heavy atom. The molecule has 0 fully saturated rings. The molecule has 1 heterocycles. The number of rotatable bonds is 5. The van der Waals surface area contributed by atoms with Crippen LogP contribution in [0, 0.1) is 0 Å². The van der Waals surface area contributed by atoms with Gasteiger partial charge in [0.1, 0.15) is 0 Å². The molecular weight excluding hydrogens is 194 g/mol. The number of aliphatic carboxylic acids is 1. The number of carboxylic acid groups (broad SMARTS) is 1. The predicted molar refractivity (Wildman–Crippen MR) is 55.1 cm³/mol. The Kier molecular flexibility index (Phi) is 4.22. The molecule has 0 bridgehead atoms. The van der Waals surface area contributed by atoms with Gasteiger partial charge in [-0.05, 0) is 23.8 Å². The van der Waals surface area contributed by atoms with Crippen LogP contribution in [-0.4, -0.2) is 21.8 Å². The second-order valence-electron chi connectivity index (χ2n) is 2.98. The average Bonchev–Trinajstić information content (AvgIpc) is 2.25. The van der Waals surface area contributed by atoms with Gasteiger partial charge in [-0.2, -0.15) is 0 Å². The highest BCUT2D eigenvalue weighted by molar-refractivity contribution is 5.94. The van der Waals surface area contributed by atoms with Crippen LogP contribution < -0.4 is 0 Å². The first-order chi connectivity index (χ1) is 7.18. The molecule has 1 aromatic rings. The maximum Gasteiger partial charge on any atom is 0.303 e. The monoisotopic (exact) mass is 205 g/mol. The molecule has 0 amide bonds. The minimum atomic E-state index is -0.960. The number of carbonyl (C=O) groups is 2. The first-order valence-electron chi connectivity index (χ1n) is 4.51. The van der Waals surface area contributed by atoms with Gasteiger partial charge < -0.3 is 5.11 Å². The number of carboxylic acids is 1. The first kappa shape index (κ1) is 11.1. The van der Waals surface area contributed by atoms with Crippen LogP contribution in [0.1, 0.15) is 18.4 Å². The Hall–Kier alpha value is -1.97. The Labute approximate surface area is 87.3 Å². The van der Waals surface area contributed by atoms with E-state index in [1.54, 1.807) is 24.5 Å². The maximum absolute atomic E-state index is 11.2. The summed E-state index contributed by atoms with van der Waals surface area (Å²) in [5.41, 5.74) is 0.821. The minimum absolute atomic E-state index is 0.0338. The molecule has 4 heteroatoms. The number of pyridine rings is 1. The summed E-state index contributed by atoms with van der Waals surface area (Å²) in [6, 6.07) is 3.58. The normalized spacial score (nSPS) is 10.4. The van der Waals surface area contributed by atoms with E-state index in [1.165, 1.54) is 6.08 Å². The second-order valence-corrected chi connectivity index (χ2v) is 2.98. The van der Waals surface area contributed by atoms with Crippen molar-refractivity contribution >= 4 is 17.8 Å². The van der Waals surface area contributed by atoms with Crippen molar-refractivity contribution in [3.8, 4) is 0 Å². The molecule has 15 heavy (non-hydrogen) atoms. The van der Waals surface area contributed by atoms with Gasteiger partial charge in [0.2, 0.25) is 0 Å². The summed E-state index contributed by atoms with van der Waals surface area (Å²) in [6.45, 7) is 0. The lowest BCUT2D eigenvalue weighted by atomic mass is 10.2. The zero-order valence-electron chi connectivity index (χ0n) is 8.09. The second kappa shape index (κ2) is 5.70. The molecule has 78 valence electrons. The molecule has 0 atom stereocenters. The maximum atomic E-state index is 11.2. The molecule has 1 rings (SSSR count). The molecule has 1 N–H and O–H groups in total. The summed E-state index contributed by atoms with van der Waals surface area (Å²) in [6.07, 6.45) is 6.17. The number of carbonyl (C=O) groups excluding carboxylic acids is 1. The Balaban J connectivity index is 2.44. The number of aromatic nitrogens is 1.